The average Bonchev–Trinajstić information content (AvgIpc) is 2.99. The predicted octanol–water partition coefficient (Wildman–Crippen LogP) is 3.14. The Kier molecular flexibility index (Phi) is 4.81. The molecule has 0 atom stereocenters. The van der Waals surface area contributed by atoms with E-state index in [9.17, 15) is 9.59 Å². The molecular formula is C20H18N4O2. The Balaban J connectivity index is 1.82. The molecule has 1 aromatic carbocycles. The van der Waals surface area contributed by atoms with Gasteiger partial charge in [-0.05, 0) is 25.0 Å². The zero-order chi connectivity index (χ0) is 18.7. The fraction of sp³-hybridized carbons (Fsp3) is 0.200. The lowest BCUT2D eigenvalue weighted by Gasteiger charge is -2.07. The first kappa shape index (κ1) is 17.4. The van der Waals surface area contributed by atoms with E-state index < -0.39 is 0 Å². The summed E-state index contributed by atoms with van der Waals surface area (Å²) in [7, 11) is 0. The van der Waals surface area contributed by atoms with E-state index in [1.54, 1.807) is 23.0 Å². The second kappa shape index (κ2) is 7.19. The van der Waals surface area contributed by atoms with Crippen LogP contribution in [0.25, 0.3) is 4.85 Å². The van der Waals surface area contributed by atoms with Crippen molar-refractivity contribution in [2.24, 2.45) is 0 Å². The number of benzene rings is 1. The van der Waals surface area contributed by atoms with Crippen LogP contribution in [0, 0.1) is 20.4 Å². The molecule has 6 nitrogen and oxygen atoms in total. The SMILES string of the molecule is [C-]#[N+]c1cccc(Cn2ncc(C(=O)Cn3cc(C)ccc3=O)c2C)c1. The Morgan fingerprint density at radius 1 is 1.23 bits per heavy atom. The van der Waals surface area contributed by atoms with Crippen LogP contribution >= 0.6 is 0 Å². The van der Waals surface area contributed by atoms with Gasteiger partial charge in [-0.1, -0.05) is 30.3 Å². The van der Waals surface area contributed by atoms with Gasteiger partial charge in [0.2, 0.25) is 0 Å². The monoisotopic (exact) mass is 346 g/mol. The summed E-state index contributed by atoms with van der Waals surface area (Å²) < 4.78 is 3.14. The summed E-state index contributed by atoms with van der Waals surface area (Å²) in [6.45, 7) is 11.3. The number of hydrogen-bond donors (Lipinski definition) is 0. The summed E-state index contributed by atoms with van der Waals surface area (Å²) in [6.07, 6.45) is 3.22. The maximum Gasteiger partial charge on any atom is 0.250 e. The van der Waals surface area contributed by atoms with Crippen LogP contribution in [0.3, 0.4) is 0 Å². The van der Waals surface area contributed by atoms with Crippen molar-refractivity contribution >= 4 is 11.5 Å². The number of rotatable bonds is 5. The third-order valence-corrected chi connectivity index (χ3v) is 4.22. The Morgan fingerprint density at radius 2 is 2.04 bits per heavy atom. The van der Waals surface area contributed by atoms with Crippen molar-refractivity contribution in [1.29, 1.82) is 0 Å². The minimum atomic E-state index is -0.204. The van der Waals surface area contributed by atoms with Gasteiger partial charge in [-0.3, -0.25) is 14.3 Å². The van der Waals surface area contributed by atoms with E-state index in [4.69, 9.17) is 6.57 Å². The van der Waals surface area contributed by atoms with Crippen molar-refractivity contribution in [1.82, 2.24) is 14.3 Å². The molecule has 0 aliphatic heterocycles. The van der Waals surface area contributed by atoms with Crippen LogP contribution < -0.4 is 5.56 Å². The highest BCUT2D eigenvalue weighted by Crippen LogP contribution is 2.16. The lowest BCUT2D eigenvalue weighted by molar-refractivity contribution is 0.0970. The van der Waals surface area contributed by atoms with Gasteiger partial charge in [-0.2, -0.15) is 5.10 Å². The molecule has 130 valence electrons. The van der Waals surface area contributed by atoms with Gasteiger partial charge in [0, 0.05) is 18.0 Å². The van der Waals surface area contributed by atoms with Gasteiger partial charge in [0.25, 0.3) is 5.56 Å². The van der Waals surface area contributed by atoms with Crippen molar-refractivity contribution in [3.63, 3.8) is 0 Å². The minimum Gasteiger partial charge on any atom is -0.307 e. The molecule has 0 N–H and O–H groups in total. The molecule has 3 aromatic rings. The molecule has 0 saturated carbocycles. The first-order valence-electron chi connectivity index (χ1n) is 8.17. The topological polar surface area (TPSA) is 61.2 Å². The van der Waals surface area contributed by atoms with E-state index >= 15 is 0 Å². The molecule has 0 bridgehead atoms. The number of aromatic nitrogens is 3. The van der Waals surface area contributed by atoms with E-state index in [0.29, 0.717) is 17.8 Å². The standard InChI is InChI=1S/C20H18N4O2/c1-14-7-8-20(26)23(11-14)13-19(25)18-10-22-24(15(18)2)12-16-5-4-6-17(9-16)21-3/h4-11H,12-13H2,1-2H3. The number of pyridine rings is 1. The highest BCUT2D eigenvalue weighted by atomic mass is 16.1. The maximum atomic E-state index is 12.6. The van der Waals surface area contributed by atoms with Crippen molar-refractivity contribution in [3.8, 4) is 0 Å². The van der Waals surface area contributed by atoms with E-state index in [0.717, 1.165) is 16.8 Å². The van der Waals surface area contributed by atoms with E-state index in [1.165, 1.54) is 16.8 Å². The van der Waals surface area contributed by atoms with Crippen molar-refractivity contribution < 1.29 is 4.79 Å². The Hall–Kier alpha value is -3.46. The largest absolute Gasteiger partial charge is 0.307 e. The second-order valence-electron chi connectivity index (χ2n) is 6.18. The molecule has 0 radical (unpaired) electrons. The number of carbonyl (C=O) groups excluding carboxylic acids is 1. The summed E-state index contributed by atoms with van der Waals surface area (Å²) in [4.78, 5) is 27.9. The molecule has 0 saturated heterocycles. The lowest BCUT2D eigenvalue weighted by Crippen LogP contribution is -2.23. The van der Waals surface area contributed by atoms with Gasteiger partial charge >= 0.3 is 0 Å². The van der Waals surface area contributed by atoms with Gasteiger partial charge in [-0.15, -0.1) is 0 Å². The smallest absolute Gasteiger partial charge is 0.250 e. The summed E-state index contributed by atoms with van der Waals surface area (Å²) in [5.74, 6) is -0.156. The van der Waals surface area contributed by atoms with Crippen molar-refractivity contribution in [2.45, 2.75) is 26.9 Å². The summed E-state index contributed by atoms with van der Waals surface area (Å²) in [5, 5.41) is 4.30. The number of Topliss-reactive ketones (excluding diaryl/α,β-unsaturated/α-hetero) is 1. The molecule has 2 heterocycles. The average molecular weight is 346 g/mol. The second-order valence-corrected chi connectivity index (χ2v) is 6.18. The number of aryl methyl sites for hydroxylation is 1. The summed E-state index contributed by atoms with van der Waals surface area (Å²) in [6, 6.07) is 10.5. The fourth-order valence-corrected chi connectivity index (χ4v) is 2.79. The molecule has 0 unspecified atom stereocenters. The predicted molar refractivity (Wildman–Crippen MR) is 98.5 cm³/mol. The van der Waals surface area contributed by atoms with Gasteiger partial charge < -0.3 is 4.57 Å². The Morgan fingerprint density at radius 3 is 2.81 bits per heavy atom. The normalized spacial score (nSPS) is 10.5. The zero-order valence-corrected chi connectivity index (χ0v) is 14.6. The highest BCUT2D eigenvalue weighted by molar-refractivity contribution is 5.96. The van der Waals surface area contributed by atoms with Crippen LogP contribution in [0.5, 0.6) is 0 Å². The number of carbonyl (C=O) groups is 1. The number of hydrogen-bond acceptors (Lipinski definition) is 3. The molecule has 3 rings (SSSR count). The molecule has 0 spiro atoms. The molecule has 0 aliphatic rings. The summed E-state index contributed by atoms with van der Waals surface area (Å²) in [5.41, 5.74) is 3.47. The number of nitrogens with zero attached hydrogens (tertiary/aromatic N) is 4. The quantitative estimate of drug-likeness (QED) is 0.527. The molecule has 6 heteroatoms. The van der Waals surface area contributed by atoms with Crippen LogP contribution in [-0.2, 0) is 13.1 Å². The van der Waals surface area contributed by atoms with Gasteiger partial charge in [0.05, 0.1) is 31.4 Å². The number of ketones is 1. The van der Waals surface area contributed by atoms with Crippen molar-refractivity contribution in [2.75, 3.05) is 0 Å². The molecule has 26 heavy (non-hydrogen) atoms. The fourth-order valence-electron chi connectivity index (χ4n) is 2.79. The Bertz CT molecular complexity index is 1070. The third-order valence-electron chi connectivity index (χ3n) is 4.22. The molecule has 0 fully saturated rings. The van der Waals surface area contributed by atoms with Gasteiger partial charge in [-0.25, -0.2) is 4.85 Å². The van der Waals surface area contributed by atoms with Crippen LogP contribution in [0.1, 0.15) is 27.2 Å². The Labute approximate surface area is 151 Å². The first-order chi connectivity index (χ1) is 12.5. The van der Waals surface area contributed by atoms with Crippen LogP contribution in [-0.4, -0.2) is 20.1 Å². The molecule has 0 aliphatic carbocycles. The van der Waals surface area contributed by atoms with Crippen LogP contribution in [0.2, 0.25) is 0 Å². The van der Waals surface area contributed by atoms with E-state index in [-0.39, 0.29) is 17.9 Å². The lowest BCUT2D eigenvalue weighted by atomic mass is 10.1. The van der Waals surface area contributed by atoms with Gasteiger partial charge in [0.1, 0.15) is 0 Å². The molecule has 2 aromatic heterocycles. The third kappa shape index (κ3) is 3.62. The van der Waals surface area contributed by atoms with Gasteiger partial charge in [0.15, 0.2) is 11.5 Å². The van der Waals surface area contributed by atoms with Crippen LogP contribution in [0.15, 0.2) is 53.6 Å². The zero-order valence-electron chi connectivity index (χ0n) is 14.6. The molecular weight excluding hydrogens is 328 g/mol. The first-order valence-corrected chi connectivity index (χ1v) is 8.17. The summed E-state index contributed by atoms with van der Waals surface area (Å²) >= 11 is 0. The molecule has 0 amide bonds. The minimum absolute atomic E-state index is 0.0136. The maximum absolute atomic E-state index is 12.6. The van der Waals surface area contributed by atoms with Crippen LogP contribution in [0.4, 0.5) is 5.69 Å². The van der Waals surface area contributed by atoms with E-state index in [2.05, 4.69) is 9.94 Å². The van der Waals surface area contributed by atoms with Crippen molar-refractivity contribution in [3.05, 3.63) is 92.9 Å². The van der Waals surface area contributed by atoms with E-state index in [1.807, 2.05) is 32.0 Å². The highest BCUT2D eigenvalue weighted by Gasteiger charge is 2.15.